The average molecular weight is 307 g/mol. The van der Waals surface area contributed by atoms with Crippen LogP contribution in [0.15, 0.2) is 30.3 Å². The number of rotatable bonds is 5. The summed E-state index contributed by atoms with van der Waals surface area (Å²) in [5.41, 5.74) is 0.761. The zero-order valence-electron chi connectivity index (χ0n) is 11.6. The van der Waals surface area contributed by atoms with Crippen molar-refractivity contribution in [3.05, 3.63) is 41.0 Å². The molecule has 0 bridgehead atoms. The number of nitrogens with one attached hydrogen (secondary N) is 1. The SMILES string of the molecule is CCNCc1nc(Oc2ccc3c(c2)OCO3)ccc1Cl. The number of nitrogens with zero attached hydrogens (tertiary/aromatic N) is 1. The second-order valence-electron chi connectivity index (χ2n) is 4.48. The maximum atomic E-state index is 6.12. The molecule has 0 spiro atoms. The summed E-state index contributed by atoms with van der Waals surface area (Å²) in [5.74, 6) is 2.53. The van der Waals surface area contributed by atoms with Crippen molar-refractivity contribution in [2.45, 2.75) is 13.5 Å². The fourth-order valence-electron chi connectivity index (χ4n) is 1.95. The van der Waals surface area contributed by atoms with Gasteiger partial charge < -0.3 is 19.5 Å². The van der Waals surface area contributed by atoms with Gasteiger partial charge in [-0.1, -0.05) is 18.5 Å². The molecule has 0 fully saturated rings. The standard InChI is InChI=1S/C15H15ClN2O3/c1-2-17-8-12-11(16)4-6-15(18-12)21-10-3-5-13-14(7-10)20-9-19-13/h3-7,17H,2,8-9H2,1H3. The van der Waals surface area contributed by atoms with Crippen molar-refractivity contribution >= 4 is 11.6 Å². The Labute approximate surface area is 127 Å². The number of pyridine rings is 1. The molecule has 0 radical (unpaired) electrons. The highest BCUT2D eigenvalue weighted by Gasteiger charge is 2.14. The Morgan fingerprint density at radius 1 is 1.24 bits per heavy atom. The number of ether oxygens (including phenoxy) is 3. The molecule has 21 heavy (non-hydrogen) atoms. The Hall–Kier alpha value is -1.98. The maximum absolute atomic E-state index is 6.12. The van der Waals surface area contributed by atoms with E-state index in [4.69, 9.17) is 25.8 Å². The van der Waals surface area contributed by atoms with E-state index < -0.39 is 0 Å². The average Bonchev–Trinajstić information content (AvgIpc) is 2.95. The normalized spacial score (nSPS) is 12.5. The predicted molar refractivity (Wildman–Crippen MR) is 79.3 cm³/mol. The van der Waals surface area contributed by atoms with Crippen LogP contribution in [0, 0.1) is 0 Å². The van der Waals surface area contributed by atoms with Crippen molar-refractivity contribution in [3.63, 3.8) is 0 Å². The Morgan fingerprint density at radius 2 is 2.10 bits per heavy atom. The quantitative estimate of drug-likeness (QED) is 0.918. The van der Waals surface area contributed by atoms with Crippen molar-refractivity contribution in [3.8, 4) is 23.1 Å². The van der Waals surface area contributed by atoms with E-state index in [0.717, 1.165) is 18.0 Å². The van der Waals surface area contributed by atoms with Crippen LogP contribution >= 0.6 is 11.6 Å². The summed E-state index contributed by atoms with van der Waals surface area (Å²) in [7, 11) is 0. The molecule has 1 aliphatic rings. The number of hydrogen-bond donors (Lipinski definition) is 1. The third kappa shape index (κ3) is 3.20. The minimum absolute atomic E-state index is 0.241. The van der Waals surface area contributed by atoms with E-state index in [1.54, 1.807) is 18.2 Å². The van der Waals surface area contributed by atoms with Gasteiger partial charge in [0.15, 0.2) is 11.5 Å². The summed E-state index contributed by atoms with van der Waals surface area (Å²) >= 11 is 6.12. The molecule has 0 unspecified atom stereocenters. The van der Waals surface area contributed by atoms with Crippen LogP contribution in [0.1, 0.15) is 12.6 Å². The number of fused-ring (bicyclic) bond motifs is 1. The van der Waals surface area contributed by atoms with Gasteiger partial charge in [0.05, 0.1) is 10.7 Å². The van der Waals surface area contributed by atoms with Gasteiger partial charge >= 0.3 is 0 Å². The van der Waals surface area contributed by atoms with E-state index in [9.17, 15) is 0 Å². The monoisotopic (exact) mass is 306 g/mol. The Balaban J connectivity index is 1.78. The highest BCUT2D eigenvalue weighted by molar-refractivity contribution is 6.31. The summed E-state index contributed by atoms with van der Waals surface area (Å²) in [6.07, 6.45) is 0. The second-order valence-corrected chi connectivity index (χ2v) is 4.88. The molecule has 5 nitrogen and oxygen atoms in total. The number of hydrogen-bond acceptors (Lipinski definition) is 5. The minimum atomic E-state index is 0.241. The van der Waals surface area contributed by atoms with Crippen LogP contribution in [0.4, 0.5) is 0 Å². The minimum Gasteiger partial charge on any atom is -0.454 e. The molecule has 1 aromatic carbocycles. The molecule has 0 amide bonds. The molecule has 1 aromatic heterocycles. The largest absolute Gasteiger partial charge is 0.454 e. The van der Waals surface area contributed by atoms with Crippen molar-refractivity contribution < 1.29 is 14.2 Å². The first-order valence-corrected chi connectivity index (χ1v) is 7.07. The van der Waals surface area contributed by atoms with E-state index in [1.165, 1.54) is 0 Å². The second kappa shape index (κ2) is 6.20. The van der Waals surface area contributed by atoms with Crippen molar-refractivity contribution in [2.24, 2.45) is 0 Å². The Bertz CT molecular complexity index is 649. The first-order chi connectivity index (χ1) is 10.3. The third-order valence-corrected chi connectivity index (χ3v) is 3.35. The lowest BCUT2D eigenvalue weighted by molar-refractivity contribution is 0.174. The van der Waals surface area contributed by atoms with Crippen LogP contribution in [0.5, 0.6) is 23.1 Å². The lowest BCUT2D eigenvalue weighted by Crippen LogP contribution is -2.13. The van der Waals surface area contributed by atoms with Crippen molar-refractivity contribution in [2.75, 3.05) is 13.3 Å². The topological polar surface area (TPSA) is 52.6 Å². The number of halogens is 1. The zero-order chi connectivity index (χ0) is 14.7. The fraction of sp³-hybridized carbons (Fsp3) is 0.267. The first-order valence-electron chi connectivity index (χ1n) is 6.70. The summed E-state index contributed by atoms with van der Waals surface area (Å²) in [6, 6.07) is 8.93. The van der Waals surface area contributed by atoms with Gasteiger partial charge in [0.25, 0.3) is 0 Å². The van der Waals surface area contributed by atoms with Gasteiger partial charge in [0, 0.05) is 18.7 Å². The molecular formula is C15H15ClN2O3. The van der Waals surface area contributed by atoms with Gasteiger partial charge in [-0.2, -0.15) is 0 Å². The van der Waals surface area contributed by atoms with Gasteiger partial charge in [0.2, 0.25) is 12.7 Å². The smallest absolute Gasteiger partial charge is 0.231 e. The summed E-state index contributed by atoms with van der Waals surface area (Å²) in [4.78, 5) is 4.41. The van der Waals surface area contributed by atoms with E-state index in [2.05, 4.69) is 10.3 Å². The molecule has 6 heteroatoms. The number of aromatic nitrogens is 1. The molecular weight excluding hydrogens is 292 g/mol. The molecule has 1 aliphatic heterocycles. The van der Waals surface area contributed by atoms with Crippen LogP contribution in [-0.2, 0) is 6.54 Å². The molecule has 3 rings (SSSR count). The third-order valence-electron chi connectivity index (χ3n) is 3.00. The molecule has 1 N–H and O–H groups in total. The summed E-state index contributed by atoms with van der Waals surface area (Å²) in [5, 5.41) is 3.81. The van der Waals surface area contributed by atoms with Gasteiger partial charge in [0.1, 0.15) is 5.75 Å². The van der Waals surface area contributed by atoms with Gasteiger partial charge in [-0.15, -0.1) is 0 Å². The van der Waals surface area contributed by atoms with E-state index in [0.29, 0.717) is 28.9 Å². The fourth-order valence-corrected chi connectivity index (χ4v) is 2.12. The van der Waals surface area contributed by atoms with Crippen molar-refractivity contribution in [1.29, 1.82) is 0 Å². The van der Waals surface area contributed by atoms with E-state index in [1.807, 2.05) is 19.1 Å². The highest BCUT2D eigenvalue weighted by atomic mass is 35.5. The van der Waals surface area contributed by atoms with Crippen LogP contribution in [0.25, 0.3) is 0 Å². The highest BCUT2D eigenvalue weighted by Crippen LogP contribution is 2.36. The molecule has 0 aliphatic carbocycles. The summed E-state index contributed by atoms with van der Waals surface area (Å²) in [6.45, 7) is 3.73. The Kier molecular flexibility index (Phi) is 4.13. The maximum Gasteiger partial charge on any atom is 0.231 e. The first kappa shape index (κ1) is 14.0. The Morgan fingerprint density at radius 3 is 2.95 bits per heavy atom. The van der Waals surface area contributed by atoms with Gasteiger partial charge in [-0.05, 0) is 24.7 Å². The van der Waals surface area contributed by atoms with Crippen LogP contribution in [0.2, 0.25) is 5.02 Å². The van der Waals surface area contributed by atoms with Crippen LogP contribution in [0.3, 0.4) is 0 Å². The van der Waals surface area contributed by atoms with Gasteiger partial charge in [-0.3, -0.25) is 0 Å². The number of benzene rings is 1. The lowest BCUT2D eigenvalue weighted by Gasteiger charge is -2.09. The van der Waals surface area contributed by atoms with Gasteiger partial charge in [-0.25, -0.2) is 4.98 Å². The molecule has 2 heterocycles. The molecule has 110 valence electrons. The lowest BCUT2D eigenvalue weighted by atomic mass is 10.3. The zero-order valence-corrected chi connectivity index (χ0v) is 12.3. The summed E-state index contributed by atoms with van der Waals surface area (Å²) < 4.78 is 16.3. The molecule has 0 saturated heterocycles. The molecule has 2 aromatic rings. The van der Waals surface area contributed by atoms with E-state index >= 15 is 0 Å². The molecule has 0 atom stereocenters. The predicted octanol–water partition coefficient (Wildman–Crippen LogP) is 3.37. The molecule has 0 saturated carbocycles. The van der Waals surface area contributed by atoms with E-state index in [-0.39, 0.29) is 6.79 Å². The van der Waals surface area contributed by atoms with Crippen LogP contribution < -0.4 is 19.5 Å². The van der Waals surface area contributed by atoms with Crippen LogP contribution in [-0.4, -0.2) is 18.3 Å². The van der Waals surface area contributed by atoms with Crippen molar-refractivity contribution in [1.82, 2.24) is 10.3 Å².